The maximum Gasteiger partial charge on any atom is 0.248 e. The van der Waals surface area contributed by atoms with Crippen LogP contribution in [0.4, 0.5) is 0 Å². The minimum atomic E-state index is 0.170. The Morgan fingerprint density at radius 1 is 1.07 bits per heavy atom. The third-order valence-electron chi connectivity index (χ3n) is 6.67. The third-order valence-corrected chi connectivity index (χ3v) is 6.67. The lowest BCUT2D eigenvalue weighted by Crippen LogP contribution is -2.48. The number of likely N-dealkylation sites (tertiary alicyclic amines) is 2. The fourth-order valence-electron chi connectivity index (χ4n) is 5.17. The van der Waals surface area contributed by atoms with E-state index in [2.05, 4.69) is 39.0 Å². The quantitative estimate of drug-likeness (QED) is 0.771. The summed E-state index contributed by atoms with van der Waals surface area (Å²) < 4.78 is 5.15. The smallest absolute Gasteiger partial charge is 0.248 e. The molecule has 1 atom stereocenters. The van der Waals surface area contributed by atoms with E-state index >= 15 is 0 Å². The molecule has 5 heteroatoms. The first kappa shape index (κ1) is 20.3. The van der Waals surface area contributed by atoms with Crippen molar-refractivity contribution in [2.75, 3.05) is 33.4 Å². The van der Waals surface area contributed by atoms with Crippen LogP contribution in [0.2, 0.25) is 0 Å². The van der Waals surface area contributed by atoms with Crippen LogP contribution in [0.3, 0.4) is 0 Å². The summed E-state index contributed by atoms with van der Waals surface area (Å²) in [5.41, 5.74) is 2.44. The predicted molar refractivity (Wildman–Crippen MR) is 116 cm³/mol. The van der Waals surface area contributed by atoms with Crippen LogP contribution < -0.4 is 0 Å². The molecule has 1 amide bonds. The number of hydrogen-bond donors (Lipinski definition) is 0. The molecule has 2 aliphatic rings. The maximum atomic E-state index is 12.6. The Balaban J connectivity index is 1.39. The molecular formula is C24H33N3O2. The van der Waals surface area contributed by atoms with Gasteiger partial charge in [-0.2, -0.15) is 0 Å². The highest BCUT2D eigenvalue weighted by atomic mass is 16.5. The number of nitrogens with zero attached hydrogens (tertiary/aromatic N) is 3. The Morgan fingerprint density at radius 3 is 2.72 bits per heavy atom. The highest BCUT2D eigenvalue weighted by Gasteiger charge is 2.33. The van der Waals surface area contributed by atoms with Crippen molar-refractivity contribution in [3.8, 4) is 0 Å². The molecule has 1 unspecified atom stereocenters. The molecule has 0 saturated carbocycles. The Bertz CT molecular complexity index is 811. The lowest BCUT2D eigenvalue weighted by Gasteiger charge is -2.40. The normalized spacial score (nSPS) is 22.0. The van der Waals surface area contributed by atoms with Crippen molar-refractivity contribution in [1.29, 1.82) is 0 Å². The van der Waals surface area contributed by atoms with E-state index in [1.165, 1.54) is 36.6 Å². The molecule has 2 aromatic rings. The molecule has 29 heavy (non-hydrogen) atoms. The van der Waals surface area contributed by atoms with Gasteiger partial charge in [-0.1, -0.05) is 37.1 Å². The molecule has 2 saturated heterocycles. The van der Waals surface area contributed by atoms with Gasteiger partial charge in [0, 0.05) is 37.8 Å². The van der Waals surface area contributed by atoms with Crippen molar-refractivity contribution < 1.29 is 9.53 Å². The van der Waals surface area contributed by atoms with E-state index in [4.69, 9.17) is 4.74 Å². The zero-order valence-corrected chi connectivity index (χ0v) is 17.6. The summed E-state index contributed by atoms with van der Waals surface area (Å²) in [7, 11) is 1.62. The second-order valence-corrected chi connectivity index (χ2v) is 8.54. The van der Waals surface area contributed by atoms with Crippen LogP contribution in [-0.4, -0.2) is 60.1 Å². The number of hydrogen-bond acceptors (Lipinski definition) is 4. The second kappa shape index (κ2) is 9.68. The van der Waals surface area contributed by atoms with Gasteiger partial charge in [0.1, 0.15) is 6.61 Å². The number of carbonyl (C=O) groups excluding carboxylic acids is 1. The first-order chi connectivity index (χ1) is 14.3. The molecular weight excluding hydrogens is 362 g/mol. The molecule has 0 spiro atoms. The van der Waals surface area contributed by atoms with Crippen molar-refractivity contribution in [2.24, 2.45) is 5.92 Å². The summed E-state index contributed by atoms with van der Waals surface area (Å²) in [6.45, 7) is 4.25. The van der Waals surface area contributed by atoms with Crippen LogP contribution in [0.25, 0.3) is 10.9 Å². The number of aromatic nitrogens is 1. The fourth-order valence-corrected chi connectivity index (χ4v) is 5.17. The van der Waals surface area contributed by atoms with Crippen molar-refractivity contribution in [3.63, 3.8) is 0 Å². The van der Waals surface area contributed by atoms with Gasteiger partial charge in [-0.15, -0.1) is 0 Å². The van der Waals surface area contributed by atoms with Crippen molar-refractivity contribution in [3.05, 3.63) is 42.1 Å². The molecule has 3 heterocycles. The number of ether oxygens (including phenoxy) is 1. The van der Waals surface area contributed by atoms with Gasteiger partial charge in [-0.25, -0.2) is 0 Å². The van der Waals surface area contributed by atoms with Gasteiger partial charge in [0.15, 0.2) is 0 Å². The van der Waals surface area contributed by atoms with Gasteiger partial charge in [0.25, 0.3) is 0 Å². The molecule has 2 aliphatic heterocycles. The predicted octanol–water partition coefficient (Wildman–Crippen LogP) is 3.86. The number of methoxy groups -OCH3 is 1. The number of pyridine rings is 1. The van der Waals surface area contributed by atoms with Gasteiger partial charge in [0.05, 0.1) is 5.52 Å². The summed E-state index contributed by atoms with van der Waals surface area (Å²) in [6.07, 6.45) is 8.96. The average Bonchev–Trinajstić information content (AvgIpc) is 3.01. The highest BCUT2D eigenvalue weighted by molar-refractivity contribution is 5.81. The number of carbonyl (C=O) groups is 1. The molecule has 0 bridgehead atoms. The fraction of sp³-hybridized carbons (Fsp3) is 0.583. The van der Waals surface area contributed by atoms with Crippen molar-refractivity contribution in [2.45, 2.75) is 51.1 Å². The number of para-hydroxylation sites is 1. The molecule has 1 aromatic heterocycles. The lowest BCUT2D eigenvalue weighted by molar-refractivity contribution is -0.139. The van der Waals surface area contributed by atoms with Crippen LogP contribution in [-0.2, 0) is 16.1 Å². The molecule has 4 rings (SSSR count). The second-order valence-electron chi connectivity index (χ2n) is 8.54. The summed E-state index contributed by atoms with van der Waals surface area (Å²) in [6, 6.07) is 11.0. The van der Waals surface area contributed by atoms with Crippen molar-refractivity contribution in [1.82, 2.24) is 14.8 Å². The number of benzene rings is 1. The van der Waals surface area contributed by atoms with Crippen LogP contribution in [0.1, 0.15) is 44.1 Å². The Kier molecular flexibility index (Phi) is 6.78. The molecule has 5 nitrogen and oxygen atoms in total. The largest absolute Gasteiger partial charge is 0.375 e. The zero-order valence-electron chi connectivity index (χ0n) is 17.6. The average molecular weight is 396 g/mol. The third kappa shape index (κ3) is 4.78. The SMILES string of the molecule is COCC(=O)N1CCCCCC1C1CCN(Cc2cccc3cccnc23)CC1. The monoisotopic (exact) mass is 395 g/mol. The van der Waals surface area contributed by atoms with Gasteiger partial charge >= 0.3 is 0 Å². The summed E-state index contributed by atoms with van der Waals surface area (Å²) in [5.74, 6) is 0.777. The lowest BCUT2D eigenvalue weighted by atomic mass is 9.86. The van der Waals surface area contributed by atoms with Gasteiger partial charge in [-0.3, -0.25) is 14.7 Å². The van der Waals surface area contributed by atoms with E-state index in [0.717, 1.165) is 44.5 Å². The van der Waals surface area contributed by atoms with E-state index in [9.17, 15) is 4.79 Å². The van der Waals surface area contributed by atoms with Crippen LogP contribution >= 0.6 is 0 Å². The molecule has 0 N–H and O–H groups in total. The molecule has 0 aliphatic carbocycles. The van der Waals surface area contributed by atoms with E-state index in [0.29, 0.717) is 12.0 Å². The van der Waals surface area contributed by atoms with Crippen LogP contribution in [0.15, 0.2) is 36.5 Å². The minimum Gasteiger partial charge on any atom is -0.375 e. The topological polar surface area (TPSA) is 45.7 Å². The van der Waals surface area contributed by atoms with Crippen molar-refractivity contribution >= 4 is 16.8 Å². The van der Waals surface area contributed by atoms with Crippen LogP contribution in [0, 0.1) is 5.92 Å². The molecule has 1 aromatic carbocycles. The first-order valence-electron chi connectivity index (χ1n) is 11.1. The Morgan fingerprint density at radius 2 is 1.90 bits per heavy atom. The maximum absolute atomic E-state index is 12.6. The van der Waals surface area contributed by atoms with Gasteiger partial charge in [0.2, 0.25) is 5.91 Å². The number of rotatable bonds is 5. The minimum absolute atomic E-state index is 0.170. The van der Waals surface area contributed by atoms with E-state index in [1.54, 1.807) is 7.11 Å². The van der Waals surface area contributed by atoms with E-state index in [-0.39, 0.29) is 12.5 Å². The Labute approximate surface area is 174 Å². The molecule has 2 fully saturated rings. The van der Waals surface area contributed by atoms with E-state index < -0.39 is 0 Å². The highest BCUT2D eigenvalue weighted by Crippen LogP contribution is 2.31. The molecule has 156 valence electrons. The summed E-state index contributed by atoms with van der Waals surface area (Å²) in [5, 5.41) is 1.21. The first-order valence-corrected chi connectivity index (χ1v) is 11.1. The molecule has 0 radical (unpaired) electrons. The number of amides is 1. The van der Waals surface area contributed by atoms with Gasteiger partial charge in [-0.05, 0) is 56.3 Å². The van der Waals surface area contributed by atoms with E-state index in [1.807, 2.05) is 12.3 Å². The zero-order chi connectivity index (χ0) is 20.1. The number of piperidine rings is 1. The summed E-state index contributed by atoms with van der Waals surface area (Å²) >= 11 is 0. The standard InChI is InChI=1S/C24H33N3O2/c1-29-18-23(28)27-14-4-2-3-10-22(27)19-11-15-26(16-12-19)17-21-8-5-7-20-9-6-13-25-24(20)21/h5-9,13,19,22H,2-4,10-12,14-18H2,1H3. The van der Waals surface area contributed by atoms with Crippen LogP contribution in [0.5, 0.6) is 0 Å². The number of fused-ring (bicyclic) bond motifs is 1. The van der Waals surface area contributed by atoms with Gasteiger partial charge < -0.3 is 9.64 Å². The summed E-state index contributed by atoms with van der Waals surface area (Å²) in [4.78, 5) is 21.9. The Hall–Kier alpha value is -1.98.